The van der Waals surface area contributed by atoms with Crippen LogP contribution in [0.25, 0.3) is 0 Å². The third kappa shape index (κ3) is 2.73. The molecule has 1 N–H and O–H groups in total. The van der Waals surface area contributed by atoms with Crippen molar-refractivity contribution in [1.29, 1.82) is 0 Å². The van der Waals surface area contributed by atoms with Gasteiger partial charge in [-0.2, -0.15) is 0 Å². The quantitative estimate of drug-likeness (QED) is 0.445. The molecule has 0 atom stereocenters. The lowest BCUT2D eigenvalue weighted by molar-refractivity contribution is -0.111. The van der Waals surface area contributed by atoms with Crippen LogP contribution in [0.4, 0.5) is 5.69 Å². The first kappa shape index (κ1) is 9.96. The Balaban J connectivity index is 2.73. The van der Waals surface area contributed by atoms with Gasteiger partial charge in [-0.3, -0.25) is 9.59 Å². The molecule has 0 saturated carbocycles. The number of aldehydes is 1. The Bertz CT molecular complexity index is 386. The number of nitrogens with one attached hydrogen (secondary N) is 1. The van der Waals surface area contributed by atoms with E-state index in [1.807, 2.05) is 0 Å². The molecule has 3 heteroatoms. The van der Waals surface area contributed by atoms with Crippen LogP contribution in [0.1, 0.15) is 10.4 Å². The summed E-state index contributed by atoms with van der Waals surface area (Å²) in [6.45, 7) is 3.28. The zero-order valence-corrected chi connectivity index (χ0v) is 7.49. The summed E-state index contributed by atoms with van der Waals surface area (Å²) in [6, 6.07) is 6.55. The van der Waals surface area contributed by atoms with E-state index in [0.29, 0.717) is 11.3 Å². The van der Waals surface area contributed by atoms with E-state index in [2.05, 4.69) is 17.6 Å². The van der Waals surface area contributed by atoms with Crippen LogP contribution in [0.3, 0.4) is 0 Å². The highest BCUT2D eigenvalue weighted by molar-refractivity contribution is 5.99. The molecule has 1 aromatic rings. The zero-order valence-electron chi connectivity index (χ0n) is 7.49. The minimum atomic E-state index is -0.293. The molecule has 1 rings (SSSR count). The van der Waals surface area contributed by atoms with E-state index in [9.17, 15) is 9.59 Å². The Hall–Kier alpha value is -2.12. The van der Waals surface area contributed by atoms with Gasteiger partial charge in [0.05, 0.1) is 0 Å². The number of hydrogen-bond acceptors (Lipinski definition) is 2. The van der Waals surface area contributed by atoms with E-state index in [4.69, 9.17) is 0 Å². The molecule has 0 radical (unpaired) electrons. The minimum Gasteiger partial charge on any atom is -0.322 e. The Labute approximate surface area is 81.7 Å². The van der Waals surface area contributed by atoms with Crippen molar-refractivity contribution in [3.63, 3.8) is 0 Å². The third-order valence-corrected chi connectivity index (χ3v) is 1.55. The molecule has 0 bridgehead atoms. The van der Waals surface area contributed by atoms with Crippen molar-refractivity contribution in [2.24, 2.45) is 0 Å². The molecule has 0 heterocycles. The minimum absolute atomic E-state index is 0.293. The molecule has 14 heavy (non-hydrogen) atoms. The Morgan fingerprint density at radius 3 is 2.50 bits per heavy atom. The highest BCUT2D eigenvalue weighted by atomic mass is 16.1. The largest absolute Gasteiger partial charge is 0.322 e. The van der Waals surface area contributed by atoms with Gasteiger partial charge in [0.1, 0.15) is 6.29 Å². The second-order valence-corrected chi connectivity index (χ2v) is 2.58. The molecule has 70 valence electrons. The van der Waals surface area contributed by atoms with Crippen molar-refractivity contribution in [2.45, 2.75) is 0 Å². The monoisotopic (exact) mass is 187 g/mol. The number of amides is 1. The van der Waals surface area contributed by atoms with Crippen molar-refractivity contribution < 1.29 is 9.59 Å². The fraction of sp³-hybridized carbons (Fsp3) is 0. The van der Waals surface area contributed by atoms with Gasteiger partial charge in [0.25, 0.3) is 5.91 Å². The average molecular weight is 187 g/mol. The summed E-state index contributed by atoms with van der Waals surface area (Å²) in [6.07, 6.45) is 1.95. The molecule has 0 fully saturated rings. The van der Waals surface area contributed by atoms with Gasteiger partial charge in [-0.1, -0.05) is 6.58 Å². The maximum atomic E-state index is 11.0. The van der Waals surface area contributed by atoms with E-state index in [0.717, 1.165) is 6.29 Å². The number of benzene rings is 1. The number of hydrogen-bond donors (Lipinski definition) is 1. The van der Waals surface area contributed by atoms with Gasteiger partial charge in [0.2, 0.25) is 0 Å². The molecule has 1 aromatic carbocycles. The van der Waals surface area contributed by atoms with Crippen molar-refractivity contribution >= 4 is 17.9 Å². The summed E-state index contributed by atoms with van der Waals surface area (Å²) in [5.74, 6) is -0.293. The van der Waals surface area contributed by atoms with Crippen molar-refractivity contribution in [3.05, 3.63) is 48.2 Å². The topological polar surface area (TPSA) is 46.2 Å². The molecule has 0 aliphatic heterocycles. The van der Waals surface area contributed by atoms with Gasteiger partial charge in [0.15, 0.2) is 0 Å². The maximum absolute atomic E-state index is 11.0. The summed E-state index contributed by atoms with van der Waals surface area (Å²) in [5, 5.41) is 2.58. The third-order valence-electron chi connectivity index (χ3n) is 1.55. The van der Waals surface area contributed by atoms with E-state index in [1.165, 1.54) is 6.08 Å². The molecule has 0 unspecified atom stereocenters. The van der Waals surface area contributed by atoms with Gasteiger partial charge >= 0.3 is 0 Å². The van der Waals surface area contributed by atoms with E-state index < -0.39 is 0 Å². The van der Waals surface area contributed by atoms with E-state index >= 15 is 0 Å². The van der Waals surface area contributed by atoms with Gasteiger partial charge in [-0.05, 0) is 24.3 Å². The predicted molar refractivity (Wildman–Crippen MR) is 54.2 cm³/mol. The van der Waals surface area contributed by atoms with Crippen LogP contribution >= 0.6 is 0 Å². The molecular weight excluding hydrogens is 178 g/mol. The Kier molecular flexibility index (Phi) is 3.41. The predicted octanol–water partition coefficient (Wildman–Crippen LogP) is 1.78. The molecule has 0 spiro atoms. The summed E-state index contributed by atoms with van der Waals surface area (Å²) >= 11 is 0. The van der Waals surface area contributed by atoms with Gasteiger partial charge in [-0.15, -0.1) is 5.73 Å². The van der Waals surface area contributed by atoms with Crippen molar-refractivity contribution in [2.75, 3.05) is 5.32 Å². The van der Waals surface area contributed by atoms with Crippen LogP contribution in [0.5, 0.6) is 0 Å². The lowest BCUT2D eigenvalue weighted by Crippen LogP contribution is -2.07. The van der Waals surface area contributed by atoms with E-state index in [1.54, 1.807) is 24.3 Å². The van der Waals surface area contributed by atoms with Crippen LogP contribution in [-0.4, -0.2) is 12.2 Å². The van der Waals surface area contributed by atoms with Crippen LogP contribution in [0.2, 0.25) is 0 Å². The van der Waals surface area contributed by atoms with Crippen LogP contribution < -0.4 is 5.32 Å². The molecular formula is C11H9NO2. The smallest absolute Gasteiger partial charge is 0.256 e. The molecule has 3 nitrogen and oxygen atoms in total. The second kappa shape index (κ2) is 4.80. The first-order valence-electron chi connectivity index (χ1n) is 3.98. The first-order chi connectivity index (χ1) is 6.76. The lowest BCUT2D eigenvalue weighted by atomic mass is 10.2. The van der Waals surface area contributed by atoms with Crippen LogP contribution in [0, 0.1) is 0 Å². The SMILES string of the molecule is C=C=CC(=O)Nc1ccc(C=O)cc1. The maximum Gasteiger partial charge on any atom is 0.256 e. The van der Waals surface area contributed by atoms with Crippen LogP contribution in [-0.2, 0) is 4.79 Å². The number of carbonyl (C=O) groups excluding carboxylic acids is 2. The summed E-state index contributed by atoms with van der Waals surface area (Å²) in [5.41, 5.74) is 3.57. The van der Waals surface area contributed by atoms with Crippen molar-refractivity contribution in [1.82, 2.24) is 0 Å². The number of rotatable bonds is 3. The van der Waals surface area contributed by atoms with E-state index in [-0.39, 0.29) is 5.91 Å². The molecule has 0 saturated heterocycles. The van der Waals surface area contributed by atoms with Gasteiger partial charge in [-0.25, -0.2) is 0 Å². The molecule has 0 aromatic heterocycles. The highest BCUT2D eigenvalue weighted by Gasteiger charge is 1.96. The summed E-state index contributed by atoms with van der Waals surface area (Å²) < 4.78 is 0. The number of carbonyl (C=O) groups is 2. The molecule has 0 aliphatic carbocycles. The summed E-state index contributed by atoms with van der Waals surface area (Å²) in [4.78, 5) is 21.4. The lowest BCUT2D eigenvalue weighted by Gasteiger charge is -2.00. The highest BCUT2D eigenvalue weighted by Crippen LogP contribution is 2.07. The molecule has 1 amide bonds. The second-order valence-electron chi connectivity index (χ2n) is 2.58. The fourth-order valence-electron chi connectivity index (χ4n) is 0.916. The number of anilines is 1. The zero-order chi connectivity index (χ0) is 10.4. The van der Waals surface area contributed by atoms with Gasteiger partial charge < -0.3 is 5.32 Å². The first-order valence-corrected chi connectivity index (χ1v) is 3.98. The summed E-state index contributed by atoms with van der Waals surface area (Å²) in [7, 11) is 0. The van der Waals surface area contributed by atoms with Crippen molar-refractivity contribution in [3.8, 4) is 0 Å². The Morgan fingerprint density at radius 2 is 2.00 bits per heavy atom. The Morgan fingerprint density at radius 1 is 1.36 bits per heavy atom. The van der Waals surface area contributed by atoms with Crippen LogP contribution in [0.15, 0.2) is 42.7 Å². The normalized spacial score (nSPS) is 8.57. The fourth-order valence-corrected chi connectivity index (χ4v) is 0.916. The standard InChI is InChI=1S/C11H9NO2/c1-2-3-11(14)12-10-6-4-9(8-13)5-7-10/h3-8H,1H2,(H,12,14). The van der Waals surface area contributed by atoms with Gasteiger partial charge in [0, 0.05) is 17.3 Å². The molecule has 0 aliphatic rings. The average Bonchev–Trinajstić information content (AvgIpc) is 2.19.